The molecular formula is C8H12BrN3O. The van der Waals surface area contributed by atoms with Gasteiger partial charge in [-0.2, -0.15) is 5.10 Å². The SMILES string of the molecule is CC(C)(C)Nc1cn[nH]c(=O)c1Br. The lowest BCUT2D eigenvalue weighted by molar-refractivity contribution is 0.632. The predicted octanol–water partition coefficient (Wildman–Crippen LogP) is 1.74. The number of anilines is 1. The quantitative estimate of drug-likeness (QED) is 0.793. The summed E-state index contributed by atoms with van der Waals surface area (Å²) in [6, 6.07) is 0. The largest absolute Gasteiger partial charge is 0.378 e. The van der Waals surface area contributed by atoms with E-state index in [1.54, 1.807) is 6.20 Å². The third kappa shape index (κ3) is 2.84. The van der Waals surface area contributed by atoms with Crippen LogP contribution >= 0.6 is 15.9 Å². The molecular weight excluding hydrogens is 234 g/mol. The summed E-state index contributed by atoms with van der Waals surface area (Å²) in [6.45, 7) is 6.04. The van der Waals surface area contributed by atoms with Gasteiger partial charge in [0, 0.05) is 5.54 Å². The first kappa shape index (κ1) is 10.2. The van der Waals surface area contributed by atoms with E-state index >= 15 is 0 Å². The van der Waals surface area contributed by atoms with Gasteiger partial charge in [0.25, 0.3) is 5.56 Å². The summed E-state index contributed by atoms with van der Waals surface area (Å²) < 4.78 is 0.484. The van der Waals surface area contributed by atoms with Gasteiger partial charge in [-0.05, 0) is 36.7 Å². The molecule has 0 aliphatic carbocycles. The van der Waals surface area contributed by atoms with Gasteiger partial charge in [-0.3, -0.25) is 4.79 Å². The monoisotopic (exact) mass is 245 g/mol. The second kappa shape index (κ2) is 3.49. The average molecular weight is 246 g/mol. The van der Waals surface area contributed by atoms with Gasteiger partial charge in [-0.1, -0.05) is 0 Å². The van der Waals surface area contributed by atoms with Gasteiger partial charge in [0.15, 0.2) is 0 Å². The molecule has 0 saturated carbocycles. The molecule has 2 N–H and O–H groups in total. The second-order valence-electron chi connectivity index (χ2n) is 3.80. The fourth-order valence-corrected chi connectivity index (χ4v) is 1.16. The van der Waals surface area contributed by atoms with Crippen molar-refractivity contribution >= 4 is 21.6 Å². The highest BCUT2D eigenvalue weighted by Crippen LogP contribution is 2.19. The molecule has 1 rings (SSSR count). The van der Waals surface area contributed by atoms with Crippen LogP contribution in [0.4, 0.5) is 5.69 Å². The molecule has 0 radical (unpaired) electrons. The van der Waals surface area contributed by atoms with Crippen molar-refractivity contribution in [2.45, 2.75) is 26.3 Å². The van der Waals surface area contributed by atoms with E-state index in [1.807, 2.05) is 20.8 Å². The molecule has 0 saturated heterocycles. The van der Waals surface area contributed by atoms with Crippen LogP contribution in [0.3, 0.4) is 0 Å². The number of halogens is 1. The van der Waals surface area contributed by atoms with E-state index in [0.717, 1.165) is 0 Å². The molecule has 0 aliphatic heterocycles. The van der Waals surface area contributed by atoms with Gasteiger partial charge in [0.1, 0.15) is 4.47 Å². The van der Waals surface area contributed by atoms with Crippen LogP contribution in [-0.2, 0) is 0 Å². The molecule has 1 heterocycles. The van der Waals surface area contributed by atoms with Gasteiger partial charge in [0.2, 0.25) is 0 Å². The standard InChI is InChI=1S/C8H12BrN3O/c1-8(2,3)11-5-4-10-12-7(13)6(5)9/h4H,1-3H3,(H2,11,12,13). The molecule has 0 unspecified atom stereocenters. The van der Waals surface area contributed by atoms with Crippen molar-refractivity contribution in [1.82, 2.24) is 10.2 Å². The van der Waals surface area contributed by atoms with E-state index in [9.17, 15) is 4.79 Å². The summed E-state index contributed by atoms with van der Waals surface area (Å²) in [6.07, 6.45) is 1.58. The summed E-state index contributed by atoms with van der Waals surface area (Å²) in [5, 5.41) is 9.19. The summed E-state index contributed by atoms with van der Waals surface area (Å²) >= 11 is 3.19. The Balaban J connectivity index is 3.03. The Labute approximate surface area is 84.9 Å². The van der Waals surface area contributed by atoms with Crippen LogP contribution in [-0.4, -0.2) is 15.7 Å². The molecule has 0 aromatic carbocycles. The van der Waals surface area contributed by atoms with E-state index in [4.69, 9.17) is 0 Å². The minimum Gasteiger partial charge on any atom is -0.378 e. The number of hydrogen-bond donors (Lipinski definition) is 2. The van der Waals surface area contributed by atoms with Crippen LogP contribution in [0.5, 0.6) is 0 Å². The molecule has 72 valence electrons. The maximum Gasteiger partial charge on any atom is 0.280 e. The van der Waals surface area contributed by atoms with Crippen LogP contribution < -0.4 is 10.9 Å². The zero-order valence-electron chi connectivity index (χ0n) is 7.81. The molecule has 0 spiro atoms. The van der Waals surface area contributed by atoms with Crippen LogP contribution in [0.2, 0.25) is 0 Å². The first-order valence-corrected chi connectivity index (χ1v) is 4.71. The molecule has 0 bridgehead atoms. The number of H-pyrrole nitrogens is 1. The Bertz CT molecular complexity index is 353. The number of nitrogens with one attached hydrogen (secondary N) is 2. The van der Waals surface area contributed by atoms with Crippen molar-refractivity contribution in [1.29, 1.82) is 0 Å². The van der Waals surface area contributed by atoms with Crippen LogP contribution in [0.15, 0.2) is 15.5 Å². The van der Waals surface area contributed by atoms with Crippen molar-refractivity contribution in [3.8, 4) is 0 Å². The van der Waals surface area contributed by atoms with Gasteiger partial charge >= 0.3 is 0 Å². The Morgan fingerprint density at radius 3 is 2.69 bits per heavy atom. The van der Waals surface area contributed by atoms with Gasteiger partial charge in [0.05, 0.1) is 11.9 Å². The van der Waals surface area contributed by atoms with Crippen LogP contribution in [0.25, 0.3) is 0 Å². The molecule has 1 aromatic heterocycles. The van der Waals surface area contributed by atoms with E-state index in [1.165, 1.54) is 0 Å². The molecule has 13 heavy (non-hydrogen) atoms. The topological polar surface area (TPSA) is 57.8 Å². The summed E-state index contributed by atoms with van der Waals surface area (Å²) in [5.74, 6) is 0. The van der Waals surface area contributed by atoms with Crippen molar-refractivity contribution in [2.24, 2.45) is 0 Å². The average Bonchev–Trinajstić information content (AvgIpc) is 1.96. The Morgan fingerprint density at radius 1 is 1.54 bits per heavy atom. The first-order chi connectivity index (χ1) is 5.90. The van der Waals surface area contributed by atoms with Crippen LogP contribution in [0, 0.1) is 0 Å². The molecule has 4 nitrogen and oxygen atoms in total. The van der Waals surface area contributed by atoms with Crippen molar-refractivity contribution in [3.05, 3.63) is 21.0 Å². The highest BCUT2D eigenvalue weighted by atomic mass is 79.9. The third-order valence-corrected chi connectivity index (χ3v) is 2.09. The van der Waals surface area contributed by atoms with E-state index < -0.39 is 0 Å². The molecule has 1 aromatic rings. The maximum atomic E-state index is 11.1. The maximum absolute atomic E-state index is 11.1. The normalized spacial score (nSPS) is 11.4. The summed E-state index contributed by atoms with van der Waals surface area (Å²) in [5.41, 5.74) is 0.392. The smallest absolute Gasteiger partial charge is 0.280 e. The lowest BCUT2D eigenvalue weighted by atomic mass is 10.1. The van der Waals surface area contributed by atoms with Gasteiger partial charge in [-0.25, -0.2) is 5.10 Å². The second-order valence-corrected chi connectivity index (χ2v) is 4.59. The van der Waals surface area contributed by atoms with Crippen molar-refractivity contribution < 1.29 is 0 Å². The molecule has 0 aliphatic rings. The van der Waals surface area contributed by atoms with Crippen molar-refractivity contribution in [2.75, 3.05) is 5.32 Å². The van der Waals surface area contributed by atoms with Gasteiger partial charge in [-0.15, -0.1) is 0 Å². The number of aromatic nitrogens is 2. The number of rotatable bonds is 1. The molecule has 0 atom stereocenters. The van der Waals surface area contributed by atoms with Crippen molar-refractivity contribution in [3.63, 3.8) is 0 Å². The Hall–Kier alpha value is -0.840. The molecule has 0 fully saturated rings. The Morgan fingerprint density at radius 2 is 2.15 bits per heavy atom. The lowest BCUT2D eigenvalue weighted by Gasteiger charge is -2.22. The molecule has 0 amide bonds. The Kier molecular flexibility index (Phi) is 2.75. The lowest BCUT2D eigenvalue weighted by Crippen LogP contribution is -2.27. The summed E-state index contributed by atoms with van der Waals surface area (Å²) in [7, 11) is 0. The summed E-state index contributed by atoms with van der Waals surface area (Å²) in [4.78, 5) is 11.1. The van der Waals surface area contributed by atoms with Gasteiger partial charge < -0.3 is 5.32 Å². The number of aromatic amines is 1. The fraction of sp³-hybridized carbons (Fsp3) is 0.500. The van der Waals surface area contributed by atoms with E-state index in [2.05, 4.69) is 31.4 Å². The third-order valence-electron chi connectivity index (χ3n) is 1.31. The minimum atomic E-state index is -0.228. The van der Waals surface area contributed by atoms with E-state index in [0.29, 0.717) is 10.2 Å². The number of nitrogens with zero attached hydrogens (tertiary/aromatic N) is 1. The molecule has 5 heteroatoms. The predicted molar refractivity (Wildman–Crippen MR) is 55.9 cm³/mol. The first-order valence-electron chi connectivity index (χ1n) is 3.91. The highest BCUT2D eigenvalue weighted by Gasteiger charge is 2.12. The highest BCUT2D eigenvalue weighted by molar-refractivity contribution is 9.10. The zero-order valence-corrected chi connectivity index (χ0v) is 9.40. The van der Waals surface area contributed by atoms with Crippen LogP contribution in [0.1, 0.15) is 20.8 Å². The van der Waals surface area contributed by atoms with E-state index in [-0.39, 0.29) is 11.1 Å². The zero-order chi connectivity index (χ0) is 10.1. The fourth-order valence-electron chi connectivity index (χ4n) is 0.875. The number of hydrogen-bond acceptors (Lipinski definition) is 3. The minimum absolute atomic E-state index is 0.0853.